The highest BCUT2D eigenvalue weighted by atomic mass is 35.5. The first-order valence-corrected chi connectivity index (χ1v) is 4.67. The summed E-state index contributed by atoms with van der Waals surface area (Å²) in [6, 6.07) is 7.49. The molecule has 0 spiro atoms. The smallest absolute Gasteiger partial charge is 0.152 e. The Hall–Kier alpha value is -1.34. The van der Waals surface area contributed by atoms with Gasteiger partial charge in [0.05, 0.1) is 0 Å². The Bertz CT molecular complexity index is 360. The largest absolute Gasteiger partial charge is 0.295 e. The van der Waals surface area contributed by atoms with Gasteiger partial charge in [0.25, 0.3) is 0 Å². The van der Waals surface area contributed by atoms with Gasteiger partial charge in [-0.3, -0.25) is 4.79 Å². The third-order valence-corrected chi connectivity index (χ3v) is 1.85. The van der Waals surface area contributed by atoms with Crippen LogP contribution in [0.1, 0.15) is 12.5 Å². The number of carbonyl (C=O) groups is 1. The van der Waals surface area contributed by atoms with E-state index in [1.807, 2.05) is 36.4 Å². The van der Waals surface area contributed by atoms with Crippen LogP contribution in [0, 0.1) is 0 Å². The molecule has 1 aromatic rings. The van der Waals surface area contributed by atoms with Crippen molar-refractivity contribution in [3.63, 3.8) is 0 Å². The Balaban J connectivity index is 2.60. The van der Waals surface area contributed by atoms with Gasteiger partial charge in [-0.05, 0) is 30.7 Å². The molecule has 0 radical (unpaired) electrons. The van der Waals surface area contributed by atoms with Crippen LogP contribution in [0.15, 0.2) is 42.5 Å². The number of hydrogen-bond acceptors (Lipinski definition) is 1. The number of rotatable bonds is 3. The average Bonchev–Trinajstić information content (AvgIpc) is 2.15. The van der Waals surface area contributed by atoms with E-state index in [1.165, 1.54) is 13.0 Å². The lowest BCUT2D eigenvalue weighted by molar-refractivity contribution is -0.112. The fourth-order valence-corrected chi connectivity index (χ4v) is 1.06. The number of benzene rings is 1. The first kappa shape index (κ1) is 10.7. The Morgan fingerprint density at radius 1 is 1.21 bits per heavy atom. The van der Waals surface area contributed by atoms with E-state index in [9.17, 15) is 4.79 Å². The second-order valence-corrected chi connectivity index (χ2v) is 3.32. The van der Waals surface area contributed by atoms with E-state index in [0.29, 0.717) is 0 Å². The molecule has 0 fully saturated rings. The minimum absolute atomic E-state index is 0.0470. The summed E-state index contributed by atoms with van der Waals surface area (Å²) < 4.78 is 0. The van der Waals surface area contributed by atoms with Gasteiger partial charge in [-0.2, -0.15) is 0 Å². The molecular formula is C12H11ClO. The number of allylic oxidation sites excluding steroid dienone is 3. The number of ketones is 1. The summed E-state index contributed by atoms with van der Waals surface area (Å²) in [4.78, 5) is 10.6. The zero-order chi connectivity index (χ0) is 10.4. The molecule has 0 N–H and O–H groups in total. The van der Waals surface area contributed by atoms with Gasteiger partial charge in [-0.1, -0.05) is 42.0 Å². The lowest BCUT2D eigenvalue weighted by Gasteiger charge is -1.91. The highest BCUT2D eigenvalue weighted by Gasteiger charge is 1.86. The van der Waals surface area contributed by atoms with Gasteiger partial charge in [0, 0.05) is 5.02 Å². The maximum atomic E-state index is 10.6. The minimum Gasteiger partial charge on any atom is -0.295 e. The first-order chi connectivity index (χ1) is 6.68. The van der Waals surface area contributed by atoms with Crippen molar-refractivity contribution in [1.82, 2.24) is 0 Å². The maximum absolute atomic E-state index is 10.6. The fourth-order valence-electron chi connectivity index (χ4n) is 0.932. The molecule has 0 atom stereocenters. The molecule has 0 aliphatic heterocycles. The number of carbonyl (C=O) groups excluding carboxylic acids is 1. The Morgan fingerprint density at radius 3 is 2.43 bits per heavy atom. The van der Waals surface area contributed by atoms with Gasteiger partial charge < -0.3 is 0 Å². The zero-order valence-electron chi connectivity index (χ0n) is 7.91. The SMILES string of the molecule is CC(=O)/C=C/C=Cc1ccc(Cl)cc1. The second-order valence-electron chi connectivity index (χ2n) is 2.88. The third-order valence-electron chi connectivity index (χ3n) is 1.60. The van der Waals surface area contributed by atoms with Crippen molar-refractivity contribution in [2.75, 3.05) is 0 Å². The monoisotopic (exact) mass is 206 g/mol. The van der Waals surface area contributed by atoms with Crippen LogP contribution >= 0.6 is 11.6 Å². The Morgan fingerprint density at radius 2 is 1.86 bits per heavy atom. The fraction of sp³-hybridized carbons (Fsp3) is 0.0833. The zero-order valence-corrected chi connectivity index (χ0v) is 8.66. The van der Waals surface area contributed by atoms with Crippen LogP contribution < -0.4 is 0 Å². The first-order valence-electron chi connectivity index (χ1n) is 4.29. The summed E-state index contributed by atoms with van der Waals surface area (Å²) in [6.45, 7) is 1.52. The van der Waals surface area contributed by atoms with Crippen molar-refractivity contribution in [3.05, 3.63) is 53.1 Å². The van der Waals surface area contributed by atoms with Gasteiger partial charge in [0.15, 0.2) is 5.78 Å². The molecule has 0 heterocycles. The van der Waals surface area contributed by atoms with E-state index < -0.39 is 0 Å². The molecule has 0 saturated carbocycles. The van der Waals surface area contributed by atoms with E-state index in [0.717, 1.165) is 10.6 Å². The summed E-state index contributed by atoms with van der Waals surface area (Å²) in [5, 5.41) is 0.724. The van der Waals surface area contributed by atoms with Crippen LogP contribution in [-0.4, -0.2) is 5.78 Å². The maximum Gasteiger partial charge on any atom is 0.152 e. The molecule has 0 bridgehead atoms. The van der Waals surface area contributed by atoms with E-state index in [-0.39, 0.29) is 5.78 Å². The van der Waals surface area contributed by atoms with Crippen LogP contribution in [0.5, 0.6) is 0 Å². The minimum atomic E-state index is 0.0470. The van der Waals surface area contributed by atoms with Crippen LogP contribution in [0.25, 0.3) is 6.08 Å². The van der Waals surface area contributed by atoms with Gasteiger partial charge in [0.1, 0.15) is 0 Å². The summed E-state index contributed by atoms with van der Waals surface area (Å²) in [6.07, 6.45) is 6.98. The van der Waals surface area contributed by atoms with E-state index >= 15 is 0 Å². The number of hydrogen-bond donors (Lipinski definition) is 0. The average molecular weight is 207 g/mol. The molecule has 1 aromatic carbocycles. The van der Waals surface area contributed by atoms with Crippen molar-refractivity contribution >= 4 is 23.5 Å². The van der Waals surface area contributed by atoms with Crippen LogP contribution in [-0.2, 0) is 4.79 Å². The standard InChI is InChI=1S/C12H11ClO/c1-10(14)4-2-3-5-11-6-8-12(13)9-7-11/h2-9H,1H3/b4-2+,5-3?. The Kier molecular flexibility index (Phi) is 4.14. The van der Waals surface area contributed by atoms with Gasteiger partial charge in [0.2, 0.25) is 0 Å². The van der Waals surface area contributed by atoms with Crippen LogP contribution in [0.2, 0.25) is 5.02 Å². The molecule has 72 valence electrons. The summed E-state index contributed by atoms with van der Waals surface area (Å²) >= 11 is 5.73. The lowest BCUT2D eigenvalue weighted by atomic mass is 10.2. The van der Waals surface area contributed by atoms with Crippen LogP contribution in [0.4, 0.5) is 0 Å². The molecule has 1 nitrogen and oxygen atoms in total. The predicted molar refractivity (Wildman–Crippen MR) is 60.3 cm³/mol. The molecule has 0 unspecified atom stereocenters. The second kappa shape index (κ2) is 5.40. The normalized spacial score (nSPS) is 11.3. The van der Waals surface area contributed by atoms with E-state index in [2.05, 4.69) is 0 Å². The van der Waals surface area contributed by atoms with Crippen molar-refractivity contribution in [1.29, 1.82) is 0 Å². The van der Waals surface area contributed by atoms with Crippen molar-refractivity contribution in [2.24, 2.45) is 0 Å². The molecule has 0 amide bonds. The van der Waals surface area contributed by atoms with E-state index in [1.54, 1.807) is 6.08 Å². The summed E-state index contributed by atoms with van der Waals surface area (Å²) in [7, 11) is 0. The van der Waals surface area contributed by atoms with Crippen molar-refractivity contribution < 1.29 is 4.79 Å². The third kappa shape index (κ3) is 4.06. The number of halogens is 1. The quantitative estimate of drug-likeness (QED) is 0.547. The molecule has 0 aromatic heterocycles. The predicted octanol–water partition coefficient (Wildman–Crippen LogP) is 3.50. The topological polar surface area (TPSA) is 17.1 Å². The van der Waals surface area contributed by atoms with Gasteiger partial charge >= 0.3 is 0 Å². The molecule has 1 rings (SSSR count). The molecule has 0 aliphatic carbocycles. The Labute approximate surface area is 88.7 Å². The molecule has 2 heteroatoms. The lowest BCUT2D eigenvalue weighted by Crippen LogP contribution is -1.77. The molecule has 0 saturated heterocycles. The van der Waals surface area contributed by atoms with Crippen molar-refractivity contribution in [3.8, 4) is 0 Å². The van der Waals surface area contributed by atoms with Gasteiger partial charge in [-0.15, -0.1) is 0 Å². The van der Waals surface area contributed by atoms with Crippen molar-refractivity contribution in [2.45, 2.75) is 6.92 Å². The highest BCUT2D eigenvalue weighted by molar-refractivity contribution is 6.30. The molecular weight excluding hydrogens is 196 g/mol. The molecule has 0 aliphatic rings. The summed E-state index contributed by atoms with van der Waals surface area (Å²) in [5.74, 6) is 0.0470. The summed E-state index contributed by atoms with van der Waals surface area (Å²) in [5.41, 5.74) is 1.06. The van der Waals surface area contributed by atoms with E-state index in [4.69, 9.17) is 11.6 Å². The molecule has 14 heavy (non-hydrogen) atoms. The van der Waals surface area contributed by atoms with Gasteiger partial charge in [-0.25, -0.2) is 0 Å². The van der Waals surface area contributed by atoms with Crippen LogP contribution in [0.3, 0.4) is 0 Å². The highest BCUT2D eigenvalue weighted by Crippen LogP contribution is 2.10.